The van der Waals surface area contributed by atoms with Gasteiger partial charge in [-0.1, -0.05) is 35.9 Å². The van der Waals surface area contributed by atoms with Crippen LogP contribution in [0.2, 0.25) is 0 Å². The van der Waals surface area contributed by atoms with E-state index < -0.39 is 0 Å². The zero-order valence-corrected chi connectivity index (χ0v) is 15.2. The van der Waals surface area contributed by atoms with E-state index in [-0.39, 0.29) is 11.6 Å². The molecular weight excluding hydrogens is 338 g/mol. The van der Waals surface area contributed by atoms with Crippen molar-refractivity contribution in [3.63, 3.8) is 0 Å². The van der Waals surface area contributed by atoms with E-state index in [9.17, 15) is 4.79 Å². The molecule has 134 valence electrons. The molecule has 0 aliphatic rings. The Kier molecular flexibility index (Phi) is 5.43. The van der Waals surface area contributed by atoms with Crippen LogP contribution >= 0.6 is 0 Å². The van der Waals surface area contributed by atoms with Crippen molar-refractivity contribution >= 4 is 17.5 Å². The van der Waals surface area contributed by atoms with Gasteiger partial charge in [-0.05, 0) is 43.7 Å². The highest BCUT2D eigenvalue weighted by Crippen LogP contribution is 2.13. The lowest BCUT2D eigenvalue weighted by Gasteiger charge is -2.09. The van der Waals surface area contributed by atoms with Gasteiger partial charge in [0, 0.05) is 17.9 Å². The topological polar surface area (TPSA) is 90.7 Å². The first-order valence-corrected chi connectivity index (χ1v) is 8.50. The molecule has 0 aliphatic heterocycles. The van der Waals surface area contributed by atoms with Crippen LogP contribution in [0.5, 0.6) is 0 Å². The van der Waals surface area contributed by atoms with E-state index in [2.05, 4.69) is 26.7 Å². The Morgan fingerprint density at radius 2 is 1.89 bits per heavy atom. The van der Waals surface area contributed by atoms with Gasteiger partial charge in [0.25, 0.3) is 5.91 Å². The van der Waals surface area contributed by atoms with Gasteiger partial charge in [-0.3, -0.25) is 4.79 Å². The first-order chi connectivity index (χ1) is 13.0. The van der Waals surface area contributed by atoms with E-state index in [1.165, 1.54) is 5.56 Å². The first kappa shape index (κ1) is 18.1. The van der Waals surface area contributed by atoms with Crippen molar-refractivity contribution in [1.82, 2.24) is 9.97 Å². The third-order valence-electron chi connectivity index (χ3n) is 3.87. The molecule has 0 spiro atoms. The number of rotatable bonds is 5. The second kappa shape index (κ2) is 8.11. The number of hydrogen-bond acceptors (Lipinski definition) is 5. The number of amides is 1. The molecule has 6 heteroatoms. The van der Waals surface area contributed by atoms with Gasteiger partial charge in [0.2, 0.25) is 5.95 Å². The summed E-state index contributed by atoms with van der Waals surface area (Å²) in [5, 5.41) is 14.9. The van der Waals surface area contributed by atoms with Crippen molar-refractivity contribution < 1.29 is 4.79 Å². The van der Waals surface area contributed by atoms with Gasteiger partial charge in [0.15, 0.2) is 0 Å². The molecule has 0 atom stereocenters. The van der Waals surface area contributed by atoms with Crippen LogP contribution in [0.15, 0.2) is 54.6 Å². The maximum atomic E-state index is 12.5. The van der Waals surface area contributed by atoms with Crippen LogP contribution in [-0.4, -0.2) is 15.9 Å². The Balaban J connectivity index is 1.74. The van der Waals surface area contributed by atoms with Crippen molar-refractivity contribution in [2.24, 2.45) is 0 Å². The predicted octanol–water partition coefficient (Wildman–Crippen LogP) is 3.83. The molecule has 2 N–H and O–H groups in total. The summed E-state index contributed by atoms with van der Waals surface area (Å²) in [6.07, 6.45) is 0. The molecule has 0 saturated carbocycles. The van der Waals surface area contributed by atoms with Gasteiger partial charge >= 0.3 is 0 Å². The number of hydrogen-bond donors (Lipinski definition) is 2. The molecule has 0 saturated heterocycles. The highest BCUT2D eigenvalue weighted by molar-refractivity contribution is 6.03. The van der Waals surface area contributed by atoms with Crippen molar-refractivity contribution in [3.8, 4) is 6.07 Å². The van der Waals surface area contributed by atoms with Crippen LogP contribution in [0.4, 0.5) is 11.6 Å². The lowest BCUT2D eigenvalue weighted by atomic mass is 10.1. The fourth-order valence-corrected chi connectivity index (χ4v) is 2.63. The maximum Gasteiger partial charge on any atom is 0.274 e. The minimum absolute atomic E-state index is 0.261. The van der Waals surface area contributed by atoms with Crippen LogP contribution in [0.3, 0.4) is 0 Å². The molecular formula is C21H19N5O. The van der Waals surface area contributed by atoms with Gasteiger partial charge in [0.1, 0.15) is 5.69 Å². The number of nitrogens with one attached hydrogen (secondary N) is 2. The van der Waals surface area contributed by atoms with Gasteiger partial charge in [-0.25, -0.2) is 9.97 Å². The zero-order valence-electron chi connectivity index (χ0n) is 15.2. The van der Waals surface area contributed by atoms with E-state index >= 15 is 0 Å². The summed E-state index contributed by atoms with van der Waals surface area (Å²) in [4.78, 5) is 21.2. The molecule has 0 bridgehead atoms. The summed E-state index contributed by atoms with van der Waals surface area (Å²) < 4.78 is 0. The number of nitriles is 1. The van der Waals surface area contributed by atoms with Crippen LogP contribution in [0.1, 0.15) is 32.9 Å². The summed E-state index contributed by atoms with van der Waals surface area (Å²) in [5.74, 6) is 0.0432. The molecule has 3 rings (SSSR count). The number of nitrogens with zero attached hydrogens (tertiary/aromatic N) is 3. The SMILES string of the molecule is Cc1cccc(CNc2nc(C)cc(C(=O)Nc3cccc(C#N)c3)n2)c1. The van der Waals surface area contributed by atoms with Crippen LogP contribution in [0.25, 0.3) is 0 Å². The number of anilines is 2. The third-order valence-corrected chi connectivity index (χ3v) is 3.87. The van der Waals surface area contributed by atoms with E-state index in [1.54, 1.807) is 30.3 Å². The molecule has 2 aromatic carbocycles. The van der Waals surface area contributed by atoms with Crippen molar-refractivity contribution in [1.29, 1.82) is 5.26 Å². The molecule has 6 nitrogen and oxygen atoms in total. The molecule has 1 amide bonds. The van der Waals surface area contributed by atoms with Crippen molar-refractivity contribution in [3.05, 3.63) is 82.7 Å². The largest absolute Gasteiger partial charge is 0.350 e. The Morgan fingerprint density at radius 3 is 2.67 bits per heavy atom. The monoisotopic (exact) mass is 357 g/mol. The molecule has 27 heavy (non-hydrogen) atoms. The van der Waals surface area contributed by atoms with Gasteiger partial charge in [-0.15, -0.1) is 0 Å². The minimum atomic E-state index is -0.353. The normalized spacial score (nSPS) is 10.1. The van der Waals surface area contributed by atoms with Crippen LogP contribution in [0, 0.1) is 25.2 Å². The highest BCUT2D eigenvalue weighted by Gasteiger charge is 2.11. The Hall–Kier alpha value is -3.72. The molecule has 0 radical (unpaired) electrons. The Labute approximate surface area is 157 Å². The summed E-state index contributed by atoms with van der Waals surface area (Å²) in [7, 11) is 0. The van der Waals surface area contributed by atoms with Crippen LogP contribution < -0.4 is 10.6 Å². The molecule has 0 unspecified atom stereocenters. The predicted molar refractivity (Wildman–Crippen MR) is 104 cm³/mol. The summed E-state index contributed by atoms with van der Waals surface area (Å²) in [6, 6.07) is 18.5. The number of carbonyl (C=O) groups excluding carboxylic acids is 1. The highest BCUT2D eigenvalue weighted by atomic mass is 16.1. The fourth-order valence-electron chi connectivity index (χ4n) is 2.63. The minimum Gasteiger partial charge on any atom is -0.350 e. The number of benzene rings is 2. The average molecular weight is 357 g/mol. The number of aromatic nitrogens is 2. The third kappa shape index (κ3) is 4.89. The average Bonchev–Trinajstić information content (AvgIpc) is 2.66. The second-order valence-electron chi connectivity index (χ2n) is 6.21. The van der Waals surface area contributed by atoms with E-state index in [4.69, 9.17) is 5.26 Å². The summed E-state index contributed by atoms with van der Waals surface area (Å²) in [6.45, 7) is 4.42. The van der Waals surface area contributed by atoms with Gasteiger partial charge in [-0.2, -0.15) is 5.26 Å². The lowest BCUT2D eigenvalue weighted by Crippen LogP contribution is -2.16. The molecule has 0 aliphatic carbocycles. The quantitative estimate of drug-likeness (QED) is 0.724. The van der Waals surface area contributed by atoms with Crippen molar-refractivity contribution in [2.45, 2.75) is 20.4 Å². The van der Waals surface area contributed by atoms with E-state index in [0.717, 1.165) is 5.56 Å². The Bertz CT molecular complexity index is 1020. The van der Waals surface area contributed by atoms with Crippen LogP contribution in [-0.2, 0) is 6.54 Å². The maximum absolute atomic E-state index is 12.5. The molecule has 1 aromatic heterocycles. The van der Waals surface area contributed by atoms with Gasteiger partial charge < -0.3 is 10.6 Å². The fraction of sp³-hybridized carbons (Fsp3) is 0.143. The Morgan fingerprint density at radius 1 is 1.07 bits per heavy atom. The molecule has 1 heterocycles. The second-order valence-corrected chi connectivity index (χ2v) is 6.21. The number of carbonyl (C=O) groups is 1. The number of aryl methyl sites for hydroxylation is 2. The first-order valence-electron chi connectivity index (χ1n) is 8.50. The zero-order chi connectivity index (χ0) is 19.2. The molecule has 3 aromatic rings. The smallest absolute Gasteiger partial charge is 0.274 e. The van der Waals surface area contributed by atoms with Crippen molar-refractivity contribution in [2.75, 3.05) is 10.6 Å². The summed E-state index contributed by atoms with van der Waals surface area (Å²) in [5.41, 5.74) is 4.26. The summed E-state index contributed by atoms with van der Waals surface area (Å²) >= 11 is 0. The molecule has 0 fully saturated rings. The van der Waals surface area contributed by atoms with E-state index in [1.807, 2.05) is 38.1 Å². The lowest BCUT2D eigenvalue weighted by molar-refractivity contribution is 0.102. The van der Waals surface area contributed by atoms with E-state index in [0.29, 0.717) is 29.4 Å². The standard InChI is InChI=1S/C21H19N5O/c1-14-5-3-7-17(9-14)13-23-21-24-15(2)10-19(26-21)20(27)25-18-8-4-6-16(11-18)12-22/h3-11H,13H2,1-2H3,(H,25,27)(H,23,24,26). The van der Waals surface area contributed by atoms with Gasteiger partial charge in [0.05, 0.1) is 11.6 Å².